The number of hydrogen-bond acceptors (Lipinski definition) is 5. The molecule has 0 aliphatic carbocycles. The number of fused-ring (bicyclic) bond motifs is 1. The Balaban J connectivity index is 2.22. The fraction of sp³-hybridized carbons (Fsp3) is 0. The van der Waals surface area contributed by atoms with Gasteiger partial charge in [-0.3, -0.25) is 0 Å². The molecule has 0 saturated heterocycles. The number of benzene rings is 2. The lowest BCUT2D eigenvalue weighted by Crippen LogP contribution is -2.08. The van der Waals surface area contributed by atoms with Gasteiger partial charge in [-0.25, -0.2) is 9.59 Å². The van der Waals surface area contributed by atoms with Gasteiger partial charge in [0.25, 0.3) is 0 Å². The lowest BCUT2D eigenvalue weighted by molar-refractivity contribution is 0.0693. The van der Waals surface area contributed by atoms with E-state index in [0.29, 0.717) is 20.8 Å². The predicted molar refractivity (Wildman–Crippen MR) is 84.4 cm³/mol. The van der Waals surface area contributed by atoms with Crippen LogP contribution in [0.4, 0.5) is 5.69 Å². The van der Waals surface area contributed by atoms with Gasteiger partial charge in [-0.05, 0) is 18.2 Å². The van der Waals surface area contributed by atoms with Crippen LogP contribution in [0.15, 0.2) is 67.5 Å². The van der Waals surface area contributed by atoms with Crippen LogP contribution in [0.3, 0.4) is 0 Å². The maximum Gasteiger partial charge on any atom is 0.360 e. The second kappa shape index (κ2) is 5.57. The van der Waals surface area contributed by atoms with Crippen molar-refractivity contribution in [1.82, 2.24) is 0 Å². The van der Waals surface area contributed by atoms with Crippen molar-refractivity contribution < 1.29 is 14.3 Å². The van der Waals surface area contributed by atoms with E-state index in [1.165, 1.54) is 6.07 Å². The summed E-state index contributed by atoms with van der Waals surface area (Å²) < 4.78 is 5.14. The highest BCUT2D eigenvalue weighted by Crippen LogP contribution is 2.37. The van der Waals surface area contributed by atoms with Crippen LogP contribution in [-0.4, -0.2) is 11.1 Å². The number of carboxylic acid groups (broad SMARTS) is 1. The van der Waals surface area contributed by atoms with Crippen LogP contribution in [0.1, 0.15) is 10.4 Å². The van der Waals surface area contributed by atoms with E-state index in [1.807, 2.05) is 0 Å². The van der Waals surface area contributed by atoms with E-state index in [4.69, 9.17) is 10.2 Å². The molecule has 22 heavy (non-hydrogen) atoms. The van der Waals surface area contributed by atoms with Gasteiger partial charge >= 0.3 is 11.6 Å². The molecule has 0 aliphatic heterocycles. The smallest absolute Gasteiger partial charge is 0.360 e. The number of carbonyl (C=O) groups is 1. The topological polar surface area (TPSA) is 93.5 Å². The standard InChI is InChI=1S/C16H11NO4S/c17-13-14(9-5-1-3-7-11(9)21-16(13)20)22-12-8-4-2-6-10(12)15(18)19/h1-8H,17H2,(H,18,19). The van der Waals surface area contributed by atoms with Crippen LogP contribution in [-0.2, 0) is 0 Å². The summed E-state index contributed by atoms with van der Waals surface area (Å²) in [4.78, 5) is 24.2. The highest BCUT2D eigenvalue weighted by Gasteiger charge is 2.16. The Morgan fingerprint density at radius 1 is 1.09 bits per heavy atom. The number of hydrogen-bond donors (Lipinski definition) is 2. The fourth-order valence-corrected chi connectivity index (χ4v) is 3.19. The third-order valence-corrected chi connectivity index (χ3v) is 4.35. The number of rotatable bonds is 3. The molecule has 3 N–H and O–H groups in total. The number of aromatic carboxylic acids is 1. The molecule has 0 amide bonds. The monoisotopic (exact) mass is 313 g/mol. The molecule has 3 rings (SSSR count). The van der Waals surface area contributed by atoms with Gasteiger partial charge in [0.15, 0.2) is 0 Å². The van der Waals surface area contributed by atoms with Crippen molar-refractivity contribution >= 4 is 34.4 Å². The van der Waals surface area contributed by atoms with E-state index in [1.54, 1.807) is 42.5 Å². The zero-order chi connectivity index (χ0) is 15.7. The van der Waals surface area contributed by atoms with Gasteiger partial charge in [0.05, 0.1) is 10.5 Å². The van der Waals surface area contributed by atoms with Gasteiger partial charge in [0.2, 0.25) is 0 Å². The van der Waals surface area contributed by atoms with Gasteiger partial charge in [-0.1, -0.05) is 42.1 Å². The largest absolute Gasteiger partial charge is 0.478 e. The van der Waals surface area contributed by atoms with Crippen molar-refractivity contribution in [2.45, 2.75) is 9.79 Å². The molecule has 0 unspecified atom stereocenters. The van der Waals surface area contributed by atoms with Crippen LogP contribution in [0.25, 0.3) is 11.0 Å². The molecule has 0 bridgehead atoms. The summed E-state index contributed by atoms with van der Waals surface area (Å²) in [7, 11) is 0. The Morgan fingerprint density at radius 2 is 1.77 bits per heavy atom. The van der Waals surface area contributed by atoms with E-state index in [0.717, 1.165) is 11.8 Å². The highest BCUT2D eigenvalue weighted by atomic mass is 32.2. The molecule has 0 saturated carbocycles. The Bertz CT molecular complexity index is 933. The summed E-state index contributed by atoms with van der Waals surface area (Å²) in [5, 5.41) is 9.93. The summed E-state index contributed by atoms with van der Waals surface area (Å²) in [5.74, 6) is -1.03. The van der Waals surface area contributed by atoms with Gasteiger partial charge in [0.1, 0.15) is 11.3 Å². The maximum atomic E-state index is 11.8. The molecule has 1 aromatic heterocycles. The lowest BCUT2D eigenvalue weighted by Gasteiger charge is -2.09. The van der Waals surface area contributed by atoms with E-state index >= 15 is 0 Å². The molecule has 5 nitrogen and oxygen atoms in total. The van der Waals surface area contributed by atoms with Gasteiger partial charge in [-0.2, -0.15) is 0 Å². The first-order valence-corrected chi connectivity index (χ1v) is 7.21. The number of carboxylic acids is 1. The molecular formula is C16H11NO4S. The van der Waals surface area contributed by atoms with E-state index in [9.17, 15) is 14.7 Å². The average molecular weight is 313 g/mol. The predicted octanol–water partition coefficient (Wildman–Crippen LogP) is 3.22. The van der Waals surface area contributed by atoms with Gasteiger partial charge < -0.3 is 15.3 Å². The molecular weight excluding hydrogens is 302 g/mol. The summed E-state index contributed by atoms with van der Waals surface area (Å²) in [5.41, 5.74) is 5.76. The van der Waals surface area contributed by atoms with Crippen molar-refractivity contribution in [1.29, 1.82) is 0 Å². The first-order valence-electron chi connectivity index (χ1n) is 6.39. The normalized spacial score (nSPS) is 10.7. The van der Waals surface area contributed by atoms with Gasteiger partial charge in [-0.15, -0.1) is 0 Å². The van der Waals surface area contributed by atoms with Crippen LogP contribution in [0.5, 0.6) is 0 Å². The molecule has 1 heterocycles. The van der Waals surface area contributed by atoms with Crippen molar-refractivity contribution in [3.63, 3.8) is 0 Å². The first kappa shape index (κ1) is 14.2. The Labute approximate surface area is 129 Å². The third-order valence-electron chi connectivity index (χ3n) is 3.13. The van der Waals surface area contributed by atoms with Crippen LogP contribution in [0.2, 0.25) is 0 Å². The number of nitrogens with two attached hydrogens (primary N) is 1. The van der Waals surface area contributed by atoms with E-state index in [2.05, 4.69) is 0 Å². The van der Waals surface area contributed by atoms with E-state index < -0.39 is 11.6 Å². The Kier molecular flexibility index (Phi) is 3.60. The lowest BCUT2D eigenvalue weighted by atomic mass is 10.2. The zero-order valence-corrected chi connectivity index (χ0v) is 12.1. The van der Waals surface area contributed by atoms with Crippen molar-refractivity contribution in [2.24, 2.45) is 0 Å². The molecule has 0 radical (unpaired) electrons. The second-order valence-corrected chi connectivity index (χ2v) is 5.58. The third kappa shape index (κ3) is 2.44. The van der Waals surface area contributed by atoms with Gasteiger partial charge in [0, 0.05) is 10.3 Å². The molecule has 0 aliphatic rings. The first-order chi connectivity index (χ1) is 10.6. The summed E-state index contributed by atoms with van der Waals surface area (Å²) >= 11 is 1.15. The van der Waals surface area contributed by atoms with Crippen molar-refractivity contribution in [3.05, 3.63) is 64.5 Å². The average Bonchev–Trinajstić information content (AvgIpc) is 2.52. The molecule has 110 valence electrons. The number of para-hydroxylation sites is 1. The highest BCUT2D eigenvalue weighted by molar-refractivity contribution is 7.99. The summed E-state index contributed by atoms with van der Waals surface area (Å²) in [6.45, 7) is 0. The molecule has 0 fully saturated rings. The number of anilines is 1. The Hall–Kier alpha value is -2.73. The summed E-state index contributed by atoms with van der Waals surface area (Å²) in [6, 6.07) is 13.6. The van der Waals surface area contributed by atoms with Crippen LogP contribution < -0.4 is 11.4 Å². The minimum absolute atomic E-state index is 0.0242. The second-order valence-electron chi connectivity index (χ2n) is 4.53. The SMILES string of the molecule is Nc1c(Sc2ccccc2C(=O)O)c2ccccc2oc1=O. The van der Waals surface area contributed by atoms with E-state index in [-0.39, 0.29) is 11.3 Å². The zero-order valence-electron chi connectivity index (χ0n) is 11.3. The molecule has 3 aromatic rings. The molecule has 6 heteroatoms. The fourth-order valence-electron chi connectivity index (χ4n) is 2.09. The van der Waals surface area contributed by atoms with Crippen molar-refractivity contribution in [2.75, 3.05) is 5.73 Å². The Morgan fingerprint density at radius 3 is 2.55 bits per heavy atom. The quantitative estimate of drug-likeness (QED) is 0.721. The number of nitrogen functional groups attached to an aromatic ring is 1. The summed E-state index contributed by atoms with van der Waals surface area (Å²) in [6.07, 6.45) is 0. The van der Waals surface area contributed by atoms with Crippen molar-refractivity contribution in [3.8, 4) is 0 Å². The molecule has 0 spiro atoms. The maximum absolute atomic E-state index is 11.8. The molecule has 0 atom stereocenters. The minimum Gasteiger partial charge on any atom is -0.478 e. The molecule has 2 aromatic carbocycles. The minimum atomic E-state index is -1.03. The van der Waals surface area contributed by atoms with Crippen LogP contribution in [0, 0.1) is 0 Å². The van der Waals surface area contributed by atoms with Crippen LogP contribution >= 0.6 is 11.8 Å².